The molecule has 0 amide bonds. The molecular formula is C14H6F10P2. The smallest absolute Gasteiger partial charge is 0.200 e. The zero-order chi connectivity index (χ0) is 19.9. The monoisotopic (exact) mass is 426 g/mol. The van der Waals surface area contributed by atoms with Crippen molar-refractivity contribution in [2.45, 2.75) is 12.3 Å². The molecule has 2 aromatic carbocycles. The molecule has 2 unspecified atom stereocenters. The van der Waals surface area contributed by atoms with Crippen molar-refractivity contribution >= 4 is 27.8 Å². The molecule has 0 aliphatic rings. The summed E-state index contributed by atoms with van der Waals surface area (Å²) in [5, 5.41) is -3.60. The van der Waals surface area contributed by atoms with Crippen LogP contribution in [0.5, 0.6) is 0 Å². The van der Waals surface area contributed by atoms with Gasteiger partial charge < -0.3 is 0 Å². The normalized spacial score (nSPS) is 13.5. The van der Waals surface area contributed by atoms with Gasteiger partial charge in [-0.3, -0.25) is 0 Å². The Hall–Kier alpha value is -1.40. The minimum Gasteiger partial charge on any atom is -0.203 e. The highest BCUT2D eigenvalue weighted by Crippen LogP contribution is 2.37. The molecule has 0 aliphatic heterocycles. The summed E-state index contributed by atoms with van der Waals surface area (Å²) >= 11 is 0. The van der Waals surface area contributed by atoms with E-state index in [0.717, 1.165) is 6.92 Å². The van der Waals surface area contributed by atoms with Gasteiger partial charge in [-0.1, -0.05) is 24.1 Å². The standard InChI is InChI=1S/C14H6F10P2/c1-2(25-13-9(21)5(17)3(15)6(18)10(13)22)26-14-11(23)7(19)4(16)8(20)12(14)24/h2,25-26H,1H3. The van der Waals surface area contributed by atoms with E-state index in [4.69, 9.17) is 0 Å². The lowest BCUT2D eigenvalue weighted by Crippen LogP contribution is -2.20. The molecule has 0 bridgehead atoms. The molecule has 26 heavy (non-hydrogen) atoms. The Morgan fingerprint density at radius 3 is 0.846 bits per heavy atom. The van der Waals surface area contributed by atoms with Crippen molar-refractivity contribution in [3.63, 3.8) is 0 Å². The first-order valence-corrected chi connectivity index (χ1v) is 8.70. The van der Waals surface area contributed by atoms with Crippen molar-refractivity contribution in [1.29, 1.82) is 0 Å². The van der Waals surface area contributed by atoms with Crippen LogP contribution in [-0.4, -0.2) is 5.40 Å². The van der Waals surface area contributed by atoms with Crippen LogP contribution in [0.25, 0.3) is 0 Å². The number of hydrogen-bond donors (Lipinski definition) is 0. The Kier molecular flexibility index (Phi) is 6.18. The average Bonchev–Trinajstić information content (AvgIpc) is 2.62. The molecule has 0 radical (unpaired) electrons. The number of hydrogen-bond acceptors (Lipinski definition) is 0. The zero-order valence-electron chi connectivity index (χ0n) is 12.4. The van der Waals surface area contributed by atoms with Crippen LogP contribution in [-0.2, 0) is 0 Å². The Balaban J connectivity index is 2.39. The van der Waals surface area contributed by atoms with Gasteiger partial charge in [0.25, 0.3) is 0 Å². The molecular weight excluding hydrogens is 420 g/mol. The molecule has 0 fully saturated rings. The molecule has 0 aromatic heterocycles. The van der Waals surface area contributed by atoms with Gasteiger partial charge in [-0.2, -0.15) is 0 Å². The van der Waals surface area contributed by atoms with Gasteiger partial charge in [-0.15, -0.1) is 0 Å². The van der Waals surface area contributed by atoms with E-state index in [2.05, 4.69) is 0 Å². The summed E-state index contributed by atoms with van der Waals surface area (Å²) in [7, 11) is -2.36. The fraction of sp³-hybridized carbons (Fsp3) is 0.143. The van der Waals surface area contributed by atoms with Gasteiger partial charge in [0.2, 0.25) is 11.6 Å². The Morgan fingerprint density at radius 1 is 0.423 bits per heavy atom. The Bertz CT molecular complexity index is 753. The van der Waals surface area contributed by atoms with Crippen molar-refractivity contribution in [2.24, 2.45) is 0 Å². The first-order valence-electron chi connectivity index (χ1n) is 6.54. The van der Waals surface area contributed by atoms with Crippen LogP contribution in [0, 0.1) is 58.2 Å². The van der Waals surface area contributed by atoms with Gasteiger partial charge >= 0.3 is 0 Å². The zero-order valence-corrected chi connectivity index (χ0v) is 14.4. The van der Waals surface area contributed by atoms with Crippen molar-refractivity contribution < 1.29 is 43.9 Å². The maximum absolute atomic E-state index is 13.6. The second kappa shape index (κ2) is 7.69. The Labute approximate surface area is 143 Å². The lowest BCUT2D eigenvalue weighted by Gasteiger charge is -2.16. The second-order valence-corrected chi connectivity index (χ2v) is 8.79. The Morgan fingerprint density at radius 2 is 0.615 bits per heavy atom. The number of rotatable bonds is 4. The van der Waals surface area contributed by atoms with Gasteiger partial charge in [0.15, 0.2) is 46.5 Å². The topological polar surface area (TPSA) is 0 Å². The minimum absolute atomic E-state index is 1.10. The average molecular weight is 426 g/mol. The molecule has 2 aromatic rings. The maximum Gasteiger partial charge on any atom is 0.200 e. The molecule has 0 nitrogen and oxygen atoms in total. The van der Waals surface area contributed by atoms with Gasteiger partial charge in [-0.05, 0) is 5.40 Å². The van der Waals surface area contributed by atoms with Crippen LogP contribution in [0.2, 0.25) is 0 Å². The van der Waals surface area contributed by atoms with E-state index >= 15 is 0 Å². The molecule has 2 rings (SSSR count). The van der Waals surface area contributed by atoms with Gasteiger partial charge in [0.05, 0.1) is 10.6 Å². The van der Waals surface area contributed by atoms with Crippen LogP contribution in [0.4, 0.5) is 43.9 Å². The molecule has 142 valence electrons. The fourth-order valence-corrected chi connectivity index (χ4v) is 4.90. The van der Waals surface area contributed by atoms with Crippen LogP contribution in [0.1, 0.15) is 6.92 Å². The quantitative estimate of drug-likeness (QED) is 0.287. The third-order valence-corrected chi connectivity index (χ3v) is 6.33. The lowest BCUT2D eigenvalue weighted by molar-refractivity contribution is 0.384. The highest BCUT2D eigenvalue weighted by Gasteiger charge is 2.29. The third-order valence-electron chi connectivity index (χ3n) is 3.14. The van der Waals surface area contributed by atoms with Gasteiger partial charge in [0, 0.05) is 0 Å². The van der Waals surface area contributed by atoms with Gasteiger partial charge in [0.1, 0.15) is 0 Å². The summed E-state index contributed by atoms with van der Waals surface area (Å²) in [6, 6.07) is 0. The van der Waals surface area contributed by atoms with Crippen molar-refractivity contribution in [3.05, 3.63) is 58.2 Å². The second-order valence-electron chi connectivity index (χ2n) is 4.90. The molecule has 0 spiro atoms. The summed E-state index contributed by atoms with van der Waals surface area (Å²) in [5.41, 5.74) is 0. The lowest BCUT2D eigenvalue weighted by atomic mass is 10.3. The van der Waals surface area contributed by atoms with E-state index in [-0.39, 0.29) is 0 Å². The summed E-state index contributed by atoms with van der Waals surface area (Å²) < 4.78 is 133. The highest BCUT2D eigenvalue weighted by molar-refractivity contribution is 7.65. The fourth-order valence-electron chi connectivity index (χ4n) is 1.93. The van der Waals surface area contributed by atoms with E-state index in [1.807, 2.05) is 0 Å². The first kappa shape index (κ1) is 20.9. The van der Waals surface area contributed by atoms with E-state index in [0.29, 0.717) is 0 Å². The van der Waals surface area contributed by atoms with E-state index < -0.39 is 91.3 Å². The summed E-state index contributed by atoms with van der Waals surface area (Å²) in [6.07, 6.45) is 0. The predicted molar refractivity (Wildman–Crippen MR) is 77.8 cm³/mol. The molecule has 0 aliphatic carbocycles. The van der Waals surface area contributed by atoms with Crippen LogP contribution in [0.15, 0.2) is 0 Å². The molecule has 2 atom stereocenters. The predicted octanol–water partition coefficient (Wildman–Crippen LogP) is 4.73. The maximum atomic E-state index is 13.6. The summed E-state index contributed by atoms with van der Waals surface area (Å²) in [6.45, 7) is 1.10. The van der Waals surface area contributed by atoms with E-state index in [1.165, 1.54) is 0 Å². The first-order chi connectivity index (χ1) is 12.0. The number of halogens is 10. The largest absolute Gasteiger partial charge is 0.203 e. The third kappa shape index (κ3) is 3.54. The van der Waals surface area contributed by atoms with E-state index in [1.54, 1.807) is 0 Å². The molecule has 0 saturated carbocycles. The molecule has 12 heteroatoms. The SMILES string of the molecule is CC(Pc1c(F)c(F)c(F)c(F)c1F)Pc1c(F)c(F)c(F)c(F)c1F. The van der Waals surface area contributed by atoms with Crippen molar-refractivity contribution in [3.8, 4) is 0 Å². The number of benzene rings is 2. The highest BCUT2D eigenvalue weighted by atomic mass is 31.1. The van der Waals surface area contributed by atoms with Crippen LogP contribution in [0.3, 0.4) is 0 Å². The van der Waals surface area contributed by atoms with Crippen LogP contribution < -0.4 is 10.6 Å². The molecule has 0 heterocycles. The summed E-state index contributed by atoms with van der Waals surface area (Å²) in [4.78, 5) is 0. The molecule has 0 N–H and O–H groups in total. The van der Waals surface area contributed by atoms with Gasteiger partial charge in [-0.25, -0.2) is 43.9 Å². The van der Waals surface area contributed by atoms with Crippen molar-refractivity contribution in [1.82, 2.24) is 0 Å². The molecule has 0 saturated heterocycles. The minimum atomic E-state index is -2.37. The van der Waals surface area contributed by atoms with E-state index in [9.17, 15) is 43.9 Å². The van der Waals surface area contributed by atoms with Crippen molar-refractivity contribution in [2.75, 3.05) is 0 Å². The van der Waals surface area contributed by atoms with Crippen LogP contribution >= 0.6 is 17.2 Å². The summed E-state index contributed by atoms with van der Waals surface area (Å²) in [5.74, 6) is -22.0.